The molecule has 0 saturated carbocycles. The Morgan fingerprint density at radius 2 is 2.19 bits per heavy atom. The molecule has 2 aromatic rings. The molecular weight excluding hydrogens is 290 g/mol. The second kappa shape index (κ2) is 6.18. The average Bonchev–Trinajstić information content (AvgIpc) is 2.74. The second-order valence-corrected chi connectivity index (χ2v) is 5.09. The molecular formula is C15H18ClN3O2. The van der Waals surface area contributed by atoms with Gasteiger partial charge in [0.25, 0.3) is 0 Å². The maximum absolute atomic E-state index is 12.4. The molecule has 0 saturated heterocycles. The molecule has 0 amide bonds. The van der Waals surface area contributed by atoms with Gasteiger partial charge >= 0.3 is 0 Å². The van der Waals surface area contributed by atoms with Crippen LogP contribution in [-0.4, -0.2) is 22.7 Å². The number of hydrogen-bond donors (Lipinski definition) is 1. The summed E-state index contributed by atoms with van der Waals surface area (Å²) in [6.07, 6.45) is 0.171. The Bertz CT molecular complexity index is 680. The van der Waals surface area contributed by atoms with E-state index in [0.29, 0.717) is 28.6 Å². The van der Waals surface area contributed by atoms with Crippen LogP contribution in [0.15, 0.2) is 18.2 Å². The van der Waals surface area contributed by atoms with Gasteiger partial charge in [-0.15, -0.1) is 0 Å². The van der Waals surface area contributed by atoms with Crippen molar-refractivity contribution in [1.82, 2.24) is 9.78 Å². The summed E-state index contributed by atoms with van der Waals surface area (Å²) in [5, 5.41) is 4.85. The van der Waals surface area contributed by atoms with Crippen molar-refractivity contribution in [2.24, 2.45) is 0 Å². The van der Waals surface area contributed by atoms with Gasteiger partial charge in [0.1, 0.15) is 5.75 Å². The summed E-state index contributed by atoms with van der Waals surface area (Å²) in [5.41, 5.74) is 8.22. The number of carbonyl (C=O) groups is 1. The lowest BCUT2D eigenvalue weighted by atomic mass is 10.0. The first kappa shape index (κ1) is 15.4. The maximum Gasteiger partial charge on any atom is 0.170 e. The molecule has 0 unspecified atom stereocenters. The molecule has 6 heteroatoms. The number of ether oxygens (including phenoxy) is 1. The number of methoxy groups -OCH3 is 1. The molecule has 1 heterocycles. The monoisotopic (exact) mass is 307 g/mol. The molecule has 1 aromatic carbocycles. The fourth-order valence-corrected chi connectivity index (χ4v) is 2.41. The summed E-state index contributed by atoms with van der Waals surface area (Å²) < 4.78 is 6.83. The Morgan fingerprint density at radius 1 is 1.48 bits per heavy atom. The van der Waals surface area contributed by atoms with Crippen molar-refractivity contribution < 1.29 is 9.53 Å². The third-order valence-electron chi connectivity index (χ3n) is 3.34. The fourth-order valence-electron chi connectivity index (χ4n) is 2.21. The van der Waals surface area contributed by atoms with E-state index in [1.165, 1.54) is 0 Å². The van der Waals surface area contributed by atoms with Crippen LogP contribution in [0.2, 0.25) is 5.02 Å². The molecule has 21 heavy (non-hydrogen) atoms. The van der Waals surface area contributed by atoms with Gasteiger partial charge in [0.2, 0.25) is 0 Å². The average molecular weight is 308 g/mol. The highest BCUT2D eigenvalue weighted by molar-refractivity contribution is 6.32. The molecule has 0 aliphatic heterocycles. The minimum atomic E-state index is -0.0911. The van der Waals surface area contributed by atoms with Crippen molar-refractivity contribution in [3.05, 3.63) is 40.2 Å². The SMILES string of the molecule is CCn1nc(C)c(Cl)c1CC(=O)c1ccc(OC)cc1N. The van der Waals surface area contributed by atoms with Crippen LogP contribution in [0.1, 0.15) is 28.7 Å². The molecule has 1 aromatic heterocycles. The third kappa shape index (κ3) is 3.03. The molecule has 0 fully saturated rings. The van der Waals surface area contributed by atoms with Crippen LogP contribution in [0.3, 0.4) is 0 Å². The van der Waals surface area contributed by atoms with E-state index in [-0.39, 0.29) is 12.2 Å². The number of halogens is 1. The predicted octanol–water partition coefficient (Wildman–Crippen LogP) is 2.88. The third-order valence-corrected chi connectivity index (χ3v) is 3.83. The number of aromatic nitrogens is 2. The van der Waals surface area contributed by atoms with Crippen LogP contribution in [0.4, 0.5) is 5.69 Å². The van der Waals surface area contributed by atoms with E-state index in [1.54, 1.807) is 30.0 Å². The number of Topliss-reactive ketones (excluding diaryl/α,β-unsaturated/α-hetero) is 1. The van der Waals surface area contributed by atoms with Crippen LogP contribution in [0, 0.1) is 6.92 Å². The minimum Gasteiger partial charge on any atom is -0.497 e. The van der Waals surface area contributed by atoms with Crippen LogP contribution in [0.25, 0.3) is 0 Å². The van der Waals surface area contributed by atoms with Crippen LogP contribution < -0.4 is 10.5 Å². The quantitative estimate of drug-likeness (QED) is 0.681. The molecule has 0 bridgehead atoms. The van der Waals surface area contributed by atoms with Gasteiger partial charge in [0, 0.05) is 23.9 Å². The zero-order valence-corrected chi connectivity index (χ0v) is 13.1. The van der Waals surface area contributed by atoms with Gasteiger partial charge in [0.05, 0.1) is 29.9 Å². The van der Waals surface area contributed by atoms with Gasteiger partial charge in [-0.1, -0.05) is 11.6 Å². The van der Waals surface area contributed by atoms with Crippen molar-refractivity contribution in [2.45, 2.75) is 26.8 Å². The Morgan fingerprint density at radius 3 is 2.76 bits per heavy atom. The van der Waals surface area contributed by atoms with Gasteiger partial charge in [-0.25, -0.2) is 0 Å². The maximum atomic E-state index is 12.4. The number of benzene rings is 1. The van der Waals surface area contributed by atoms with Crippen molar-refractivity contribution >= 4 is 23.1 Å². The number of hydrogen-bond acceptors (Lipinski definition) is 4. The van der Waals surface area contributed by atoms with Crippen LogP contribution in [0.5, 0.6) is 5.75 Å². The summed E-state index contributed by atoms with van der Waals surface area (Å²) >= 11 is 6.22. The highest BCUT2D eigenvalue weighted by atomic mass is 35.5. The van der Waals surface area contributed by atoms with Crippen LogP contribution in [-0.2, 0) is 13.0 Å². The first-order valence-corrected chi connectivity index (χ1v) is 7.04. The van der Waals surface area contributed by atoms with E-state index in [4.69, 9.17) is 22.1 Å². The summed E-state index contributed by atoms with van der Waals surface area (Å²) in [7, 11) is 1.55. The Labute approximate surface area is 128 Å². The van der Waals surface area contributed by atoms with Crippen molar-refractivity contribution in [2.75, 3.05) is 12.8 Å². The highest BCUT2D eigenvalue weighted by Gasteiger charge is 2.18. The largest absolute Gasteiger partial charge is 0.497 e. The summed E-state index contributed by atoms with van der Waals surface area (Å²) in [6, 6.07) is 5.02. The smallest absolute Gasteiger partial charge is 0.170 e. The van der Waals surface area contributed by atoms with Crippen LogP contribution >= 0.6 is 11.6 Å². The lowest BCUT2D eigenvalue weighted by Gasteiger charge is -2.08. The van der Waals surface area contributed by atoms with E-state index in [2.05, 4.69) is 5.10 Å². The van der Waals surface area contributed by atoms with E-state index in [9.17, 15) is 4.79 Å². The molecule has 0 radical (unpaired) electrons. The zero-order valence-electron chi connectivity index (χ0n) is 12.3. The standard InChI is InChI=1S/C15H18ClN3O2/c1-4-19-13(15(16)9(2)18-19)8-14(20)11-6-5-10(21-3)7-12(11)17/h5-7H,4,8,17H2,1-3H3. The van der Waals surface area contributed by atoms with E-state index in [0.717, 1.165) is 11.4 Å². The van der Waals surface area contributed by atoms with Gasteiger partial charge in [0.15, 0.2) is 5.78 Å². The highest BCUT2D eigenvalue weighted by Crippen LogP contribution is 2.25. The lowest BCUT2D eigenvalue weighted by molar-refractivity contribution is 0.0991. The van der Waals surface area contributed by atoms with E-state index >= 15 is 0 Å². The van der Waals surface area contributed by atoms with Gasteiger partial charge in [-0.3, -0.25) is 9.48 Å². The number of nitrogens with two attached hydrogens (primary N) is 1. The number of ketones is 1. The molecule has 0 aliphatic carbocycles. The Kier molecular flexibility index (Phi) is 4.53. The Balaban J connectivity index is 2.30. The summed E-state index contributed by atoms with van der Waals surface area (Å²) in [5.74, 6) is 0.531. The molecule has 0 spiro atoms. The lowest BCUT2D eigenvalue weighted by Crippen LogP contribution is -2.12. The normalized spacial score (nSPS) is 10.7. The number of nitrogen functional groups attached to an aromatic ring is 1. The number of anilines is 1. The molecule has 0 aliphatic rings. The number of carbonyl (C=O) groups excluding carboxylic acids is 1. The Hall–Kier alpha value is -2.01. The zero-order chi connectivity index (χ0) is 15.6. The van der Waals surface area contributed by atoms with Crippen molar-refractivity contribution in [3.63, 3.8) is 0 Å². The molecule has 2 rings (SSSR count). The van der Waals surface area contributed by atoms with Gasteiger partial charge in [-0.2, -0.15) is 5.10 Å². The molecule has 2 N–H and O–H groups in total. The van der Waals surface area contributed by atoms with Gasteiger partial charge < -0.3 is 10.5 Å². The van der Waals surface area contributed by atoms with Crippen molar-refractivity contribution in [1.29, 1.82) is 0 Å². The number of aryl methyl sites for hydroxylation is 2. The summed E-state index contributed by atoms with van der Waals surface area (Å²) in [6.45, 7) is 4.44. The number of nitrogens with zero attached hydrogens (tertiary/aromatic N) is 2. The van der Waals surface area contributed by atoms with Crippen molar-refractivity contribution in [3.8, 4) is 5.75 Å². The molecule has 0 atom stereocenters. The first-order chi connectivity index (χ1) is 9.97. The second-order valence-electron chi connectivity index (χ2n) is 4.71. The summed E-state index contributed by atoms with van der Waals surface area (Å²) in [4.78, 5) is 12.4. The van der Waals surface area contributed by atoms with E-state index < -0.39 is 0 Å². The molecule has 5 nitrogen and oxygen atoms in total. The predicted molar refractivity (Wildman–Crippen MR) is 83.1 cm³/mol. The topological polar surface area (TPSA) is 70.1 Å². The fraction of sp³-hybridized carbons (Fsp3) is 0.333. The van der Waals surface area contributed by atoms with Gasteiger partial charge in [-0.05, 0) is 26.0 Å². The molecule has 112 valence electrons. The minimum absolute atomic E-state index is 0.0911. The first-order valence-electron chi connectivity index (χ1n) is 6.66. The van der Waals surface area contributed by atoms with E-state index in [1.807, 2.05) is 13.8 Å². The number of rotatable bonds is 5.